The third kappa shape index (κ3) is 3.84. The molecule has 4 N–H and O–H groups in total. The van der Waals surface area contributed by atoms with E-state index in [-0.39, 0.29) is 0 Å². The highest BCUT2D eigenvalue weighted by atomic mass is 15.1. The largest absolute Gasteiger partial charge is 0.370 e. The predicted octanol–water partition coefficient (Wildman–Crippen LogP) is 1.76. The van der Waals surface area contributed by atoms with E-state index >= 15 is 0 Å². The number of hydrogen-bond donors (Lipinski definition) is 3. The second-order valence-electron chi connectivity index (χ2n) is 4.93. The second kappa shape index (κ2) is 6.54. The summed E-state index contributed by atoms with van der Waals surface area (Å²) in [4.78, 5) is 8.74. The van der Waals surface area contributed by atoms with Gasteiger partial charge in [-0.15, -0.1) is 0 Å². The monoisotopic (exact) mass is 249 g/mol. The summed E-state index contributed by atoms with van der Waals surface area (Å²) in [5.74, 6) is 3.35. The maximum Gasteiger partial charge on any atom is 0.131 e. The molecule has 1 heterocycles. The molecule has 0 aliphatic heterocycles. The van der Waals surface area contributed by atoms with Gasteiger partial charge in [-0.1, -0.05) is 12.8 Å². The van der Waals surface area contributed by atoms with Crippen molar-refractivity contribution in [1.29, 1.82) is 0 Å². The van der Waals surface area contributed by atoms with Gasteiger partial charge in [0.15, 0.2) is 0 Å². The van der Waals surface area contributed by atoms with Gasteiger partial charge in [-0.25, -0.2) is 9.97 Å². The molecule has 5 heteroatoms. The van der Waals surface area contributed by atoms with Crippen LogP contribution >= 0.6 is 0 Å². The van der Waals surface area contributed by atoms with Gasteiger partial charge in [-0.3, -0.25) is 0 Å². The zero-order valence-electron chi connectivity index (χ0n) is 11.1. The standard InChI is InChI=1S/C13H23N5/c1-10-17-12(15-7-6-14)8-13(18-10)16-9-11-4-2-3-5-11/h8,11H,2-7,9,14H2,1H3,(H2,15,16,17,18). The van der Waals surface area contributed by atoms with Crippen molar-refractivity contribution in [2.75, 3.05) is 30.3 Å². The van der Waals surface area contributed by atoms with Gasteiger partial charge in [0.05, 0.1) is 0 Å². The Kier molecular flexibility index (Phi) is 4.75. The molecule has 1 aromatic heterocycles. The smallest absolute Gasteiger partial charge is 0.131 e. The lowest BCUT2D eigenvalue weighted by Gasteiger charge is -2.12. The van der Waals surface area contributed by atoms with E-state index in [0.717, 1.165) is 36.5 Å². The van der Waals surface area contributed by atoms with Crippen LogP contribution in [0.5, 0.6) is 0 Å². The normalized spacial score (nSPS) is 15.9. The van der Waals surface area contributed by atoms with E-state index < -0.39 is 0 Å². The summed E-state index contributed by atoms with van der Waals surface area (Å²) >= 11 is 0. The number of hydrogen-bond acceptors (Lipinski definition) is 5. The van der Waals surface area contributed by atoms with Crippen molar-refractivity contribution in [3.63, 3.8) is 0 Å². The molecule has 5 nitrogen and oxygen atoms in total. The van der Waals surface area contributed by atoms with Gasteiger partial charge in [0, 0.05) is 25.7 Å². The minimum Gasteiger partial charge on any atom is -0.370 e. The first-order valence-corrected chi connectivity index (χ1v) is 6.81. The Labute approximate surface area is 109 Å². The summed E-state index contributed by atoms with van der Waals surface area (Å²) in [6.07, 6.45) is 5.43. The molecule has 100 valence electrons. The van der Waals surface area contributed by atoms with Crippen LogP contribution in [0.4, 0.5) is 11.6 Å². The first kappa shape index (κ1) is 13.1. The molecule has 18 heavy (non-hydrogen) atoms. The third-order valence-corrected chi connectivity index (χ3v) is 3.34. The summed E-state index contributed by atoms with van der Waals surface area (Å²) in [7, 11) is 0. The molecule has 0 radical (unpaired) electrons. The molecule has 0 spiro atoms. The molecule has 0 saturated heterocycles. The van der Waals surface area contributed by atoms with Gasteiger partial charge >= 0.3 is 0 Å². The highest BCUT2D eigenvalue weighted by Gasteiger charge is 2.14. The predicted molar refractivity (Wildman–Crippen MR) is 74.8 cm³/mol. The average Bonchev–Trinajstić information content (AvgIpc) is 2.86. The Balaban J connectivity index is 1.91. The van der Waals surface area contributed by atoms with Crippen LogP contribution in [0.1, 0.15) is 31.5 Å². The van der Waals surface area contributed by atoms with Gasteiger partial charge in [0.1, 0.15) is 17.5 Å². The van der Waals surface area contributed by atoms with E-state index in [4.69, 9.17) is 5.73 Å². The van der Waals surface area contributed by atoms with Crippen LogP contribution in [0.3, 0.4) is 0 Å². The molecule has 0 aromatic carbocycles. The zero-order valence-corrected chi connectivity index (χ0v) is 11.1. The van der Waals surface area contributed by atoms with Crippen molar-refractivity contribution in [2.24, 2.45) is 11.7 Å². The quantitative estimate of drug-likeness (QED) is 0.716. The number of nitrogens with one attached hydrogen (secondary N) is 2. The van der Waals surface area contributed by atoms with E-state index in [9.17, 15) is 0 Å². The molecule has 1 aromatic rings. The van der Waals surface area contributed by atoms with Crippen LogP contribution in [0.2, 0.25) is 0 Å². The fourth-order valence-corrected chi connectivity index (χ4v) is 2.41. The zero-order chi connectivity index (χ0) is 12.8. The van der Waals surface area contributed by atoms with E-state index in [1.807, 2.05) is 13.0 Å². The van der Waals surface area contributed by atoms with Gasteiger partial charge in [-0.05, 0) is 25.7 Å². The highest BCUT2D eigenvalue weighted by Crippen LogP contribution is 2.24. The van der Waals surface area contributed by atoms with Crippen molar-refractivity contribution in [3.8, 4) is 0 Å². The number of aromatic nitrogens is 2. The van der Waals surface area contributed by atoms with Crippen LogP contribution < -0.4 is 16.4 Å². The van der Waals surface area contributed by atoms with Crippen molar-refractivity contribution in [3.05, 3.63) is 11.9 Å². The highest BCUT2D eigenvalue weighted by molar-refractivity contribution is 5.47. The third-order valence-electron chi connectivity index (χ3n) is 3.34. The molecule has 1 saturated carbocycles. The van der Waals surface area contributed by atoms with Crippen molar-refractivity contribution in [1.82, 2.24) is 9.97 Å². The van der Waals surface area contributed by atoms with Crippen LogP contribution in [-0.2, 0) is 0 Å². The molecule has 0 atom stereocenters. The first-order chi connectivity index (χ1) is 8.78. The number of nitrogens with two attached hydrogens (primary N) is 1. The molecule has 1 aliphatic carbocycles. The average molecular weight is 249 g/mol. The molecule has 0 bridgehead atoms. The fraction of sp³-hybridized carbons (Fsp3) is 0.692. The molecule has 0 unspecified atom stereocenters. The number of anilines is 2. The minimum absolute atomic E-state index is 0.605. The Morgan fingerprint density at radius 2 is 1.89 bits per heavy atom. The molecular formula is C13H23N5. The Hall–Kier alpha value is -1.36. The van der Waals surface area contributed by atoms with Crippen LogP contribution in [0.15, 0.2) is 6.07 Å². The molecule has 0 amide bonds. The Morgan fingerprint density at radius 3 is 2.56 bits per heavy atom. The SMILES string of the molecule is Cc1nc(NCCN)cc(NCC2CCCC2)n1. The number of aryl methyl sites for hydroxylation is 1. The van der Waals surface area contributed by atoms with E-state index in [1.54, 1.807) is 0 Å². The molecule has 1 aliphatic rings. The Bertz CT molecular complexity index is 374. The summed E-state index contributed by atoms with van der Waals surface area (Å²) in [6.45, 7) is 4.27. The van der Waals surface area contributed by atoms with Crippen molar-refractivity contribution >= 4 is 11.6 Å². The number of rotatable bonds is 6. The van der Waals surface area contributed by atoms with Crippen molar-refractivity contribution < 1.29 is 0 Å². The summed E-state index contributed by atoms with van der Waals surface area (Å²) in [5, 5.41) is 6.61. The minimum atomic E-state index is 0.605. The first-order valence-electron chi connectivity index (χ1n) is 6.81. The summed E-state index contributed by atoms with van der Waals surface area (Å²) in [5.41, 5.74) is 5.47. The van der Waals surface area contributed by atoms with Crippen LogP contribution in [-0.4, -0.2) is 29.6 Å². The van der Waals surface area contributed by atoms with Gasteiger partial charge in [0.25, 0.3) is 0 Å². The molecule has 1 fully saturated rings. The van der Waals surface area contributed by atoms with Crippen molar-refractivity contribution in [2.45, 2.75) is 32.6 Å². The van der Waals surface area contributed by atoms with E-state index in [2.05, 4.69) is 20.6 Å². The summed E-state index contributed by atoms with van der Waals surface area (Å²) < 4.78 is 0. The molecular weight excluding hydrogens is 226 g/mol. The second-order valence-corrected chi connectivity index (χ2v) is 4.93. The fourth-order valence-electron chi connectivity index (χ4n) is 2.41. The lowest BCUT2D eigenvalue weighted by atomic mass is 10.1. The van der Waals surface area contributed by atoms with E-state index in [1.165, 1.54) is 25.7 Å². The van der Waals surface area contributed by atoms with Gasteiger partial charge in [-0.2, -0.15) is 0 Å². The van der Waals surface area contributed by atoms with E-state index in [0.29, 0.717) is 6.54 Å². The van der Waals surface area contributed by atoms with Crippen LogP contribution in [0, 0.1) is 12.8 Å². The van der Waals surface area contributed by atoms with Gasteiger partial charge in [0.2, 0.25) is 0 Å². The number of nitrogens with zero attached hydrogens (tertiary/aromatic N) is 2. The topological polar surface area (TPSA) is 75.9 Å². The maximum atomic E-state index is 5.47. The lowest BCUT2D eigenvalue weighted by molar-refractivity contribution is 0.578. The maximum absolute atomic E-state index is 5.47. The lowest BCUT2D eigenvalue weighted by Crippen LogP contribution is -2.16. The Morgan fingerprint density at radius 1 is 1.22 bits per heavy atom. The van der Waals surface area contributed by atoms with Crippen LogP contribution in [0.25, 0.3) is 0 Å². The molecule has 2 rings (SSSR count). The summed E-state index contributed by atoms with van der Waals surface area (Å²) in [6, 6.07) is 1.96. The van der Waals surface area contributed by atoms with Gasteiger partial charge < -0.3 is 16.4 Å².